The third-order valence-electron chi connectivity index (χ3n) is 8.79. The minimum absolute atomic E-state index is 0.0219. The summed E-state index contributed by atoms with van der Waals surface area (Å²) in [6.45, 7) is 10.0. The van der Waals surface area contributed by atoms with Crippen LogP contribution in [-0.4, -0.2) is 84.7 Å². The molecule has 39 heavy (non-hydrogen) atoms. The number of hydrogen-bond acceptors (Lipinski definition) is 6. The Morgan fingerprint density at radius 2 is 1.79 bits per heavy atom. The van der Waals surface area contributed by atoms with E-state index >= 15 is 0 Å². The Bertz CT molecular complexity index is 1280. The first-order valence-corrected chi connectivity index (χ1v) is 14.6. The number of ether oxygens (including phenoxy) is 2. The van der Waals surface area contributed by atoms with Crippen molar-refractivity contribution >= 4 is 22.5 Å². The number of nitrogens with one attached hydrogen (secondary N) is 2. The molecule has 0 radical (unpaired) electrons. The highest BCUT2D eigenvalue weighted by molar-refractivity contribution is 6.02. The summed E-state index contributed by atoms with van der Waals surface area (Å²) in [4.78, 5) is 18.5. The molecule has 3 aromatic rings. The molecule has 2 aliphatic heterocycles. The molecule has 2 aromatic carbocycles. The van der Waals surface area contributed by atoms with Crippen LogP contribution in [0.25, 0.3) is 22.2 Å². The lowest BCUT2D eigenvalue weighted by Gasteiger charge is -2.48. The quantitative estimate of drug-likeness (QED) is 0.484. The lowest BCUT2D eigenvalue weighted by atomic mass is 9.79. The number of rotatable bonds is 6. The van der Waals surface area contributed by atoms with Crippen molar-refractivity contribution in [3.8, 4) is 11.3 Å². The smallest absolute Gasteiger partial charge is 0.251 e. The van der Waals surface area contributed by atoms with Crippen LogP contribution in [-0.2, 0) is 9.47 Å². The Labute approximate surface area is 231 Å². The minimum Gasteiger partial charge on any atom is -0.379 e. The van der Waals surface area contributed by atoms with Crippen molar-refractivity contribution in [3.63, 3.8) is 0 Å². The average molecular weight is 532 g/mol. The molecule has 6 rings (SSSR count). The number of aromatic nitrogens is 2. The summed E-state index contributed by atoms with van der Waals surface area (Å²) in [5, 5.41) is 12.2. The molecule has 208 valence electrons. The van der Waals surface area contributed by atoms with Crippen molar-refractivity contribution in [2.24, 2.45) is 0 Å². The van der Waals surface area contributed by atoms with Crippen LogP contribution in [0.15, 0.2) is 42.5 Å². The van der Waals surface area contributed by atoms with E-state index in [1.165, 1.54) is 19.3 Å². The highest BCUT2D eigenvalue weighted by atomic mass is 16.5. The average Bonchev–Trinajstić information content (AvgIpc) is 3.39. The molecule has 1 amide bonds. The van der Waals surface area contributed by atoms with Gasteiger partial charge in [-0.25, -0.2) is 0 Å². The summed E-state index contributed by atoms with van der Waals surface area (Å²) in [6.07, 6.45) is 6.32. The zero-order valence-corrected chi connectivity index (χ0v) is 23.2. The van der Waals surface area contributed by atoms with E-state index < -0.39 is 0 Å². The van der Waals surface area contributed by atoms with Crippen molar-refractivity contribution in [2.75, 3.05) is 50.8 Å². The second-order valence-corrected chi connectivity index (χ2v) is 11.6. The number of aromatic amines is 1. The second-order valence-electron chi connectivity index (χ2n) is 11.6. The van der Waals surface area contributed by atoms with Gasteiger partial charge in [0.05, 0.1) is 30.9 Å². The van der Waals surface area contributed by atoms with E-state index in [1.54, 1.807) is 0 Å². The van der Waals surface area contributed by atoms with E-state index in [0.717, 1.165) is 80.1 Å². The number of hydrogen-bond donors (Lipinski definition) is 2. The number of H-pyrrole nitrogens is 1. The van der Waals surface area contributed by atoms with E-state index in [0.29, 0.717) is 12.1 Å². The fourth-order valence-electron chi connectivity index (χ4n) is 6.88. The maximum atomic E-state index is 13.5. The van der Waals surface area contributed by atoms with Gasteiger partial charge in [0.2, 0.25) is 0 Å². The first-order valence-electron chi connectivity index (χ1n) is 14.6. The van der Waals surface area contributed by atoms with Gasteiger partial charge in [-0.2, -0.15) is 5.10 Å². The Morgan fingerprint density at radius 1 is 1.05 bits per heavy atom. The van der Waals surface area contributed by atoms with E-state index in [-0.39, 0.29) is 23.7 Å². The molecule has 2 saturated heterocycles. The van der Waals surface area contributed by atoms with Gasteiger partial charge in [-0.3, -0.25) is 14.8 Å². The fourth-order valence-corrected chi connectivity index (χ4v) is 6.88. The molecule has 1 aliphatic carbocycles. The van der Waals surface area contributed by atoms with E-state index in [4.69, 9.17) is 14.6 Å². The third kappa shape index (κ3) is 5.42. The number of carbonyl (C=O) groups is 1. The largest absolute Gasteiger partial charge is 0.379 e. The fraction of sp³-hybridized carbons (Fsp3) is 0.548. The molecule has 0 spiro atoms. The summed E-state index contributed by atoms with van der Waals surface area (Å²) >= 11 is 0. The van der Waals surface area contributed by atoms with Crippen LogP contribution in [0.1, 0.15) is 56.3 Å². The van der Waals surface area contributed by atoms with Gasteiger partial charge in [0.1, 0.15) is 5.69 Å². The monoisotopic (exact) mass is 531 g/mol. The van der Waals surface area contributed by atoms with Crippen LogP contribution in [0.3, 0.4) is 0 Å². The number of amides is 1. The Kier molecular flexibility index (Phi) is 7.60. The Hall–Kier alpha value is -2.94. The number of anilines is 1. The molecule has 1 aromatic heterocycles. The van der Waals surface area contributed by atoms with Crippen LogP contribution in [0.2, 0.25) is 0 Å². The van der Waals surface area contributed by atoms with Crippen molar-refractivity contribution in [1.82, 2.24) is 20.4 Å². The third-order valence-corrected chi connectivity index (χ3v) is 8.79. The van der Waals surface area contributed by atoms with E-state index in [2.05, 4.69) is 58.3 Å². The Morgan fingerprint density at radius 3 is 2.56 bits per heavy atom. The first-order chi connectivity index (χ1) is 19.0. The van der Waals surface area contributed by atoms with Gasteiger partial charge in [0, 0.05) is 60.5 Å². The van der Waals surface area contributed by atoms with Crippen molar-refractivity contribution in [2.45, 2.75) is 63.7 Å². The van der Waals surface area contributed by atoms with Gasteiger partial charge in [0.15, 0.2) is 0 Å². The zero-order chi connectivity index (χ0) is 26.8. The molecule has 3 aliphatic rings. The maximum absolute atomic E-state index is 13.5. The summed E-state index contributed by atoms with van der Waals surface area (Å²) < 4.78 is 11.6. The van der Waals surface area contributed by atoms with E-state index in [1.807, 2.05) is 18.2 Å². The number of morpholine rings is 2. The number of benzene rings is 2. The summed E-state index contributed by atoms with van der Waals surface area (Å²) in [5.74, 6) is -0.0219. The number of para-hydroxylation sites is 1. The molecule has 3 fully saturated rings. The van der Waals surface area contributed by atoms with Gasteiger partial charge in [-0.05, 0) is 51.0 Å². The molecule has 8 heteroatoms. The maximum Gasteiger partial charge on any atom is 0.251 e. The number of nitrogens with zero attached hydrogens (tertiary/aromatic N) is 3. The van der Waals surface area contributed by atoms with Crippen LogP contribution >= 0.6 is 0 Å². The first kappa shape index (κ1) is 26.3. The topological polar surface area (TPSA) is 82.7 Å². The SMILES string of the molecule is C[C@@H]1CN(c2ccccc2-c2n[nH]c3ccc(C(=O)NCC4(N5CCOCC5)CCCCC4)cc23)C[C@H](C)O1. The highest BCUT2D eigenvalue weighted by Crippen LogP contribution is 2.36. The normalized spacial score (nSPS) is 24.1. The molecule has 2 N–H and O–H groups in total. The second kappa shape index (κ2) is 11.3. The minimum atomic E-state index is -0.0219. The lowest BCUT2D eigenvalue weighted by molar-refractivity contribution is -0.0361. The molecule has 0 unspecified atom stereocenters. The van der Waals surface area contributed by atoms with Gasteiger partial charge < -0.3 is 19.7 Å². The van der Waals surface area contributed by atoms with Gasteiger partial charge in [-0.1, -0.05) is 37.5 Å². The Balaban J connectivity index is 1.25. The standard InChI is InChI=1S/C31H41N5O3/c1-22-19-35(20-23(2)39-22)28-9-5-4-8-25(28)29-26-18-24(10-11-27(26)33-34-29)30(37)32-21-31(12-6-3-7-13-31)36-14-16-38-17-15-36/h4-5,8-11,18,22-23H,3,6-7,12-17,19-21H2,1-2H3,(H,32,37)(H,33,34)/t22-,23+. The van der Waals surface area contributed by atoms with Crippen LogP contribution in [0, 0.1) is 0 Å². The summed E-state index contributed by atoms with van der Waals surface area (Å²) in [7, 11) is 0. The van der Waals surface area contributed by atoms with Gasteiger partial charge >= 0.3 is 0 Å². The molecule has 0 bridgehead atoms. The molecule has 2 atom stereocenters. The zero-order valence-electron chi connectivity index (χ0n) is 23.2. The van der Waals surface area contributed by atoms with Crippen LogP contribution in [0.4, 0.5) is 5.69 Å². The van der Waals surface area contributed by atoms with Crippen molar-refractivity contribution in [3.05, 3.63) is 48.0 Å². The predicted octanol–water partition coefficient (Wildman–Crippen LogP) is 4.61. The number of fused-ring (bicyclic) bond motifs is 1. The molecule has 3 heterocycles. The predicted molar refractivity (Wildman–Crippen MR) is 154 cm³/mol. The van der Waals surface area contributed by atoms with Crippen molar-refractivity contribution in [1.29, 1.82) is 0 Å². The van der Waals surface area contributed by atoms with Crippen molar-refractivity contribution < 1.29 is 14.3 Å². The van der Waals surface area contributed by atoms with Crippen LogP contribution in [0.5, 0.6) is 0 Å². The molecular formula is C31H41N5O3. The molecule has 1 saturated carbocycles. The number of carbonyl (C=O) groups excluding carboxylic acids is 1. The highest BCUT2D eigenvalue weighted by Gasteiger charge is 2.39. The van der Waals surface area contributed by atoms with Gasteiger partial charge in [0.25, 0.3) is 5.91 Å². The van der Waals surface area contributed by atoms with Gasteiger partial charge in [-0.15, -0.1) is 0 Å². The van der Waals surface area contributed by atoms with Crippen LogP contribution < -0.4 is 10.2 Å². The summed E-state index contributed by atoms with van der Waals surface area (Å²) in [6, 6.07) is 14.3. The summed E-state index contributed by atoms with van der Waals surface area (Å²) in [5.41, 5.74) is 4.72. The molecule has 8 nitrogen and oxygen atoms in total. The van der Waals surface area contributed by atoms with E-state index in [9.17, 15) is 4.79 Å². The molecular weight excluding hydrogens is 490 g/mol. The lowest BCUT2D eigenvalue weighted by Crippen LogP contribution is -2.59.